The number of rotatable bonds is 10. The van der Waals surface area contributed by atoms with Crippen LogP contribution >= 0.6 is 0 Å². The first-order chi connectivity index (χ1) is 17.0. The summed E-state index contributed by atoms with van der Waals surface area (Å²) in [7, 11) is 1.43. The van der Waals surface area contributed by atoms with Gasteiger partial charge in [0.15, 0.2) is 0 Å². The van der Waals surface area contributed by atoms with Gasteiger partial charge in [0, 0.05) is 50.8 Å². The molecule has 0 unspecified atom stereocenters. The molecule has 2 aromatic carbocycles. The van der Waals surface area contributed by atoms with Gasteiger partial charge in [0.05, 0.1) is 6.04 Å². The van der Waals surface area contributed by atoms with E-state index in [9.17, 15) is 13.6 Å². The number of carbonyl (C=O) groups is 2. The Morgan fingerprint density at radius 3 is 1.83 bits per heavy atom. The van der Waals surface area contributed by atoms with Crippen LogP contribution < -0.4 is 11.2 Å². The third-order valence-corrected chi connectivity index (χ3v) is 5.72. The minimum Gasteiger partial charge on any atom is -0.372 e. The van der Waals surface area contributed by atoms with E-state index >= 15 is 0 Å². The van der Waals surface area contributed by atoms with Gasteiger partial charge < -0.3 is 20.6 Å². The van der Waals surface area contributed by atoms with Crippen molar-refractivity contribution < 1.29 is 23.6 Å². The average Bonchev–Trinajstić information content (AvgIpc) is 2.86. The van der Waals surface area contributed by atoms with E-state index in [0.29, 0.717) is 17.5 Å². The van der Waals surface area contributed by atoms with Crippen LogP contribution in [0.4, 0.5) is 8.78 Å². The van der Waals surface area contributed by atoms with Crippen LogP contribution in [0.2, 0.25) is 0 Å². The Morgan fingerprint density at radius 1 is 0.914 bits per heavy atom. The molecule has 4 N–H and O–H groups in total. The van der Waals surface area contributed by atoms with Gasteiger partial charge in [0.2, 0.25) is 6.41 Å². The molecule has 0 radical (unpaired) electrons. The molecule has 1 fully saturated rings. The van der Waals surface area contributed by atoms with Gasteiger partial charge in [-0.05, 0) is 31.5 Å². The molecule has 3 rings (SSSR count). The van der Waals surface area contributed by atoms with E-state index in [1.54, 1.807) is 29.7 Å². The predicted molar refractivity (Wildman–Crippen MR) is 133 cm³/mol. The standard InChI is InChI=1S/C24H30F2N2O.CH5NO.CH3NO/c25-22-12-6-4-10-20(22)24(21-11-5-7-13-23(21)26)28-17-15-27(16-18-28)14-8-2-1-3-9-19-29;1-2-3;2-1-3/h4-7,10-13,19,24H,1-3,8-9,14-18H2;2-3H,1H3;1H,(H2,2,3). The third kappa shape index (κ3) is 11.0. The molecule has 0 saturated carbocycles. The second kappa shape index (κ2) is 18.6. The molecule has 1 aliphatic heterocycles. The summed E-state index contributed by atoms with van der Waals surface area (Å²) in [6, 6.07) is 13.0. The summed E-state index contributed by atoms with van der Waals surface area (Å²) in [4.78, 5) is 23.6. The Labute approximate surface area is 206 Å². The number of hydrogen-bond donors (Lipinski definition) is 3. The zero-order valence-electron chi connectivity index (χ0n) is 20.4. The molecule has 1 aliphatic rings. The van der Waals surface area contributed by atoms with E-state index in [-0.39, 0.29) is 18.0 Å². The number of halogens is 2. The number of piperazine rings is 1. The van der Waals surface area contributed by atoms with Crippen molar-refractivity contribution in [1.82, 2.24) is 15.3 Å². The highest BCUT2D eigenvalue weighted by atomic mass is 19.1. The number of nitrogens with zero attached hydrogens (tertiary/aromatic N) is 2. The molecular formula is C26H38F2N4O3. The fourth-order valence-corrected chi connectivity index (χ4v) is 4.12. The lowest BCUT2D eigenvalue weighted by molar-refractivity contribution is -0.108. The van der Waals surface area contributed by atoms with E-state index in [0.717, 1.165) is 64.7 Å². The van der Waals surface area contributed by atoms with Crippen LogP contribution in [0.15, 0.2) is 48.5 Å². The summed E-state index contributed by atoms with van der Waals surface area (Å²) < 4.78 is 29.2. The maximum absolute atomic E-state index is 14.6. The van der Waals surface area contributed by atoms with Crippen LogP contribution in [-0.4, -0.2) is 67.5 Å². The van der Waals surface area contributed by atoms with Crippen molar-refractivity contribution >= 4 is 12.7 Å². The van der Waals surface area contributed by atoms with Crippen LogP contribution in [0.1, 0.15) is 49.3 Å². The molecular weight excluding hydrogens is 454 g/mol. The lowest BCUT2D eigenvalue weighted by atomic mass is 9.95. The van der Waals surface area contributed by atoms with Crippen molar-refractivity contribution in [3.05, 3.63) is 71.3 Å². The number of nitrogens with two attached hydrogens (primary N) is 1. The van der Waals surface area contributed by atoms with Crippen LogP contribution in [-0.2, 0) is 9.59 Å². The Bertz CT molecular complexity index is 803. The first-order valence-corrected chi connectivity index (χ1v) is 11.9. The molecule has 0 aromatic heterocycles. The SMILES string of the molecule is CNO.NC=O.O=CCCCCCCN1CCN(C(c2ccccc2F)c2ccccc2F)CC1. The van der Waals surface area contributed by atoms with Crippen molar-refractivity contribution in [3.8, 4) is 0 Å². The molecule has 0 spiro atoms. The average molecular weight is 493 g/mol. The predicted octanol–water partition coefficient (Wildman–Crippen LogP) is 3.52. The third-order valence-electron chi connectivity index (χ3n) is 5.72. The van der Waals surface area contributed by atoms with Crippen LogP contribution in [0.5, 0.6) is 0 Å². The Hall–Kier alpha value is -2.72. The van der Waals surface area contributed by atoms with Gasteiger partial charge in [-0.25, -0.2) is 14.3 Å². The molecule has 35 heavy (non-hydrogen) atoms. The zero-order chi connectivity index (χ0) is 25.9. The van der Waals surface area contributed by atoms with Crippen molar-refractivity contribution in [2.75, 3.05) is 39.8 Å². The van der Waals surface area contributed by atoms with Gasteiger partial charge in [0.25, 0.3) is 0 Å². The number of carbonyl (C=O) groups excluding carboxylic acids is 2. The van der Waals surface area contributed by atoms with Gasteiger partial charge in [-0.15, -0.1) is 0 Å². The molecule has 0 aliphatic carbocycles. The highest BCUT2D eigenvalue weighted by molar-refractivity contribution is 5.48. The molecule has 194 valence electrons. The number of amides is 1. The van der Waals surface area contributed by atoms with E-state index in [1.807, 2.05) is 12.1 Å². The van der Waals surface area contributed by atoms with Crippen LogP contribution in [0, 0.1) is 11.6 Å². The molecule has 9 heteroatoms. The van der Waals surface area contributed by atoms with E-state index in [2.05, 4.69) is 15.5 Å². The minimum absolute atomic E-state index is 0.250. The smallest absolute Gasteiger partial charge is 0.204 e. The van der Waals surface area contributed by atoms with Gasteiger partial charge in [-0.3, -0.25) is 9.69 Å². The summed E-state index contributed by atoms with van der Waals surface area (Å²) in [6.07, 6.45) is 6.24. The number of primary amides is 1. The van der Waals surface area contributed by atoms with Gasteiger partial charge in [-0.2, -0.15) is 0 Å². The van der Waals surface area contributed by atoms with E-state index < -0.39 is 6.04 Å². The zero-order valence-corrected chi connectivity index (χ0v) is 20.4. The number of unbranched alkanes of at least 4 members (excludes halogenated alkanes) is 4. The maximum Gasteiger partial charge on any atom is 0.204 e. The second-order valence-corrected chi connectivity index (χ2v) is 8.05. The highest BCUT2D eigenvalue weighted by Gasteiger charge is 2.29. The fraction of sp³-hybridized carbons (Fsp3) is 0.462. The van der Waals surface area contributed by atoms with Crippen molar-refractivity contribution in [1.29, 1.82) is 0 Å². The lowest BCUT2D eigenvalue weighted by Gasteiger charge is -2.40. The molecule has 1 saturated heterocycles. The number of benzene rings is 2. The maximum atomic E-state index is 14.6. The van der Waals surface area contributed by atoms with Crippen molar-refractivity contribution in [3.63, 3.8) is 0 Å². The topological polar surface area (TPSA) is 98.9 Å². The van der Waals surface area contributed by atoms with Gasteiger partial charge in [0.1, 0.15) is 17.9 Å². The highest BCUT2D eigenvalue weighted by Crippen LogP contribution is 2.32. The molecule has 7 nitrogen and oxygen atoms in total. The number of hydrogen-bond acceptors (Lipinski definition) is 6. The number of nitrogens with one attached hydrogen (secondary N) is 1. The Morgan fingerprint density at radius 2 is 1.37 bits per heavy atom. The van der Waals surface area contributed by atoms with Crippen molar-refractivity contribution in [2.45, 2.75) is 38.1 Å². The summed E-state index contributed by atoms with van der Waals surface area (Å²) in [5.41, 5.74) is 6.97. The summed E-state index contributed by atoms with van der Waals surface area (Å²) >= 11 is 0. The monoisotopic (exact) mass is 492 g/mol. The van der Waals surface area contributed by atoms with E-state index in [1.165, 1.54) is 19.2 Å². The number of aldehydes is 1. The van der Waals surface area contributed by atoms with Gasteiger partial charge in [-0.1, -0.05) is 49.2 Å². The quantitative estimate of drug-likeness (QED) is 0.267. The lowest BCUT2D eigenvalue weighted by Crippen LogP contribution is -2.48. The minimum atomic E-state index is -0.414. The van der Waals surface area contributed by atoms with Gasteiger partial charge >= 0.3 is 0 Å². The second-order valence-electron chi connectivity index (χ2n) is 8.05. The van der Waals surface area contributed by atoms with Crippen LogP contribution in [0.25, 0.3) is 0 Å². The normalized spacial score (nSPS) is 13.9. The molecule has 0 atom stereocenters. The molecule has 0 bridgehead atoms. The first-order valence-electron chi connectivity index (χ1n) is 11.9. The largest absolute Gasteiger partial charge is 0.372 e. The molecule has 2 aromatic rings. The van der Waals surface area contributed by atoms with Crippen LogP contribution in [0.3, 0.4) is 0 Å². The van der Waals surface area contributed by atoms with Crippen molar-refractivity contribution in [2.24, 2.45) is 5.73 Å². The summed E-state index contributed by atoms with van der Waals surface area (Å²) in [6.45, 7) is 4.39. The van der Waals surface area contributed by atoms with E-state index in [4.69, 9.17) is 10.0 Å². The molecule has 1 amide bonds. The first kappa shape index (κ1) is 30.3. The fourth-order valence-electron chi connectivity index (χ4n) is 4.12. The summed E-state index contributed by atoms with van der Waals surface area (Å²) in [5, 5.41) is 7.32. The Kier molecular flexibility index (Phi) is 16.1. The molecule has 1 heterocycles. The summed E-state index contributed by atoms with van der Waals surface area (Å²) in [5.74, 6) is -0.586. The number of hydroxylamine groups is 1. The Balaban J connectivity index is 0.000000926.